The minimum absolute atomic E-state index is 0.533. The molecule has 0 aliphatic carbocycles. The van der Waals surface area contributed by atoms with Crippen LogP contribution >= 0.6 is 123 Å². The molecule has 0 fully saturated rings. The van der Waals surface area contributed by atoms with E-state index in [0.29, 0.717) is 21.0 Å². The maximum absolute atomic E-state index is 4.60. The maximum atomic E-state index is 4.60. The zero-order chi connectivity index (χ0) is 18.2. The van der Waals surface area contributed by atoms with Crippen molar-refractivity contribution in [1.82, 2.24) is 0 Å². The first-order chi connectivity index (χ1) is 11.7. The normalized spacial score (nSPS) is 16.8. The Morgan fingerprint density at radius 1 is 0.500 bits per heavy atom. The molecule has 4 unspecified atom stereocenters. The van der Waals surface area contributed by atoms with E-state index in [-0.39, 0.29) is 0 Å². The van der Waals surface area contributed by atoms with Crippen molar-refractivity contribution in [3.05, 3.63) is 0 Å². The van der Waals surface area contributed by atoms with Crippen LogP contribution in [0, 0.1) is 0 Å². The second kappa shape index (κ2) is 19.8. The van der Waals surface area contributed by atoms with Gasteiger partial charge >= 0.3 is 0 Å². The number of rotatable bonds is 17. The molecule has 0 aromatic carbocycles. The van der Waals surface area contributed by atoms with Crippen molar-refractivity contribution < 1.29 is 0 Å². The average molecular weight is 519 g/mol. The van der Waals surface area contributed by atoms with Crippen molar-refractivity contribution in [2.45, 2.75) is 21.0 Å². The van der Waals surface area contributed by atoms with Gasteiger partial charge in [-0.3, -0.25) is 0 Å². The van der Waals surface area contributed by atoms with E-state index in [9.17, 15) is 0 Å². The molecule has 0 radical (unpaired) electrons. The van der Waals surface area contributed by atoms with Crippen molar-refractivity contribution in [3.63, 3.8) is 0 Å². The van der Waals surface area contributed by atoms with Crippen LogP contribution in [0.1, 0.15) is 0 Å². The van der Waals surface area contributed by atoms with E-state index >= 15 is 0 Å². The third-order valence-electron chi connectivity index (χ3n) is 3.06. The highest BCUT2D eigenvalue weighted by Crippen LogP contribution is 2.31. The molecule has 0 aliphatic rings. The first-order valence-corrected chi connectivity index (χ1v) is 15.8. The summed E-state index contributed by atoms with van der Waals surface area (Å²) in [5, 5.41) is 2.25. The van der Waals surface area contributed by atoms with Crippen LogP contribution in [0.5, 0.6) is 0 Å². The lowest BCUT2D eigenvalue weighted by Crippen LogP contribution is -2.27. The molecule has 10 heteroatoms. The number of thioether (sulfide) groups is 4. The standard InChI is InChI=1S/C14H30S10/c15-1-3-21-11(5-17)9-23-13(7-19)14(8-20)24-10-12(6-18)22-4-2-16/h11-20H,1-10H2. The molecule has 0 N–H and O–H groups in total. The fourth-order valence-corrected chi connectivity index (χ4v) is 9.85. The van der Waals surface area contributed by atoms with Crippen molar-refractivity contribution in [3.8, 4) is 0 Å². The van der Waals surface area contributed by atoms with Crippen LogP contribution < -0.4 is 0 Å². The number of hydrogen-bond donors (Lipinski definition) is 6. The molecule has 0 saturated heterocycles. The highest BCUT2D eigenvalue weighted by Gasteiger charge is 2.23. The Morgan fingerprint density at radius 2 is 0.875 bits per heavy atom. The van der Waals surface area contributed by atoms with Gasteiger partial charge in [-0.1, -0.05) is 0 Å². The third kappa shape index (κ3) is 13.6. The van der Waals surface area contributed by atoms with Gasteiger partial charge in [-0.15, -0.1) is 0 Å². The zero-order valence-electron chi connectivity index (χ0n) is 13.7. The second-order valence-corrected chi connectivity index (χ2v) is 12.6. The first kappa shape index (κ1) is 27.5. The molecule has 0 aliphatic heterocycles. The summed E-state index contributed by atoms with van der Waals surface area (Å²) in [6, 6.07) is 0. The molecule has 0 rings (SSSR count). The molecule has 0 saturated carbocycles. The minimum Gasteiger partial charge on any atom is -0.179 e. The van der Waals surface area contributed by atoms with E-state index in [0.717, 1.165) is 57.5 Å². The molecule has 0 nitrogen and oxygen atoms in total. The Bertz CT molecular complexity index is 242. The molecular formula is C14H30S10. The van der Waals surface area contributed by atoms with Crippen LogP contribution in [-0.4, -0.2) is 78.5 Å². The van der Waals surface area contributed by atoms with Gasteiger partial charge in [-0.05, 0) is 11.5 Å². The van der Waals surface area contributed by atoms with E-state index in [2.05, 4.69) is 75.8 Å². The van der Waals surface area contributed by atoms with Gasteiger partial charge in [-0.2, -0.15) is 123 Å². The molecule has 146 valence electrons. The highest BCUT2D eigenvalue weighted by molar-refractivity contribution is 8.07. The molecular weight excluding hydrogens is 489 g/mol. The number of hydrogen-bond acceptors (Lipinski definition) is 10. The summed E-state index contributed by atoms with van der Waals surface area (Å²) in [7, 11) is 0. The van der Waals surface area contributed by atoms with E-state index in [4.69, 9.17) is 0 Å². The van der Waals surface area contributed by atoms with E-state index < -0.39 is 0 Å². The van der Waals surface area contributed by atoms with Crippen LogP contribution in [0.4, 0.5) is 0 Å². The van der Waals surface area contributed by atoms with Gasteiger partial charge < -0.3 is 0 Å². The summed E-state index contributed by atoms with van der Waals surface area (Å²) in [6.07, 6.45) is 0. The Hall–Kier alpha value is 3.50. The van der Waals surface area contributed by atoms with Crippen LogP contribution in [0.3, 0.4) is 0 Å². The second-order valence-electron chi connectivity index (χ2n) is 4.91. The van der Waals surface area contributed by atoms with E-state index in [1.807, 2.05) is 47.0 Å². The summed E-state index contributed by atoms with van der Waals surface area (Å²) in [5.74, 6) is 9.94. The SMILES string of the molecule is SCCSC(CS)CSC(CS)C(CS)SCC(CS)SCCS. The maximum Gasteiger partial charge on any atom is 0.0262 e. The Morgan fingerprint density at radius 3 is 1.12 bits per heavy atom. The van der Waals surface area contributed by atoms with Gasteiger partial charge in [0.2, 0.25) is 0 Å². The molecule has 4 atom stereocenters. The molecule has 24 heavy (non-hydrogen) atoms. The molecule has 0 amide bonds. The Labute approximate surface area is 199 Å². The predicted molar refractivity (Wildman–Crippen MR) is 148 cm³/mol. The smallest absolute Gasteiger partial charge is 0.0262 e. The van der Waals surface area contributed by atoms with Crippen molar-refractivity contribution >= 4 is 123 Å². The molecule has 0 spiro atoms. The van der Waals surface area contributed by atoms with Gasteiger partial charge in [-0.25, -0.2) is 0 Å². The first-order valence-electron chi connectivity index (χ1n) is 7.78. The lowest BCUT2D eigenvalue weighted by molar-refractivity contribution is 0.945. The highest BCUT2D eigenvalue weighted by atomic mass is 32.2. The third-order valence-corrected chi connectivity index (χ3v) is 12.9. The van der Waals surface area contributed by atoms with Crippen LogP contribution in [0.2, 0.25) is 0 Å². The molecule has 0 aromatic heterocycles. The Balaban J connectivity index is 4.35. The van der Waals surface area contributed by atoms with Gasteiger partial charge in [0.1, 0.15) is 0 Å². The largest absolute Gasteiger partial charge is 0.179 e. The van der Waals surface area contributed by atoms with E-state index in [1.165, 1.54) is 0 Å². The summed E-state index contributed by atoms with van der Waals surface area (Å²) in [4.78, 5) is 0. The monoisotopic (exact) mass is 518 g/mol. The zero-order valence-corrected chi connectivity index (χ0v) is 22.3. The lowest BCUT2D eigenvalue weighted by Gasteiger charge is -2.26. The molecule has 0 heterocycles. The summed E-state index contributed by atoms with van der Waals surface area (Å²) in [6.45, 7) is 0. The van der Waals surface area contributed by atoms with Gasteiger partial charge in [0.25, 0.3) is 0 Å². The number of thiol groups is 6. The molecule has 0 aromatic rings. The minimum atomic E-state index is 0.533. The average Bonchev–Trinajstić information content (AvgIpc) is 2.62. The quantitative estimate of drug-likeness (QED) is 0.150. The predicted octanol–water partition coefficient (Wildman–Crippen LogP) is 4.97. The topological polar surface area (TPSA) is 0 Å². The van der Waals surface area contributed by atoms with E-state index in [1.54, 1.807) is 0 Å². The van der Waals surface area contributed by atoms with Gasteiger partial charge in [0, 0.05) is 67.0 Å². The van der Waals surface area contributed by atoms with Crippen LogP contribution in [-0.2, 0) is 0 Å². The van der Waals surface area contributed by atoms with Crippen molar-refractivity contribution in [2.75, 3.05) is 57.5 Å². The lowest BCUT2D eigenvalue weighted by atomic mass is 10.3. The summed E-state index contributed by atoms with van der Waals surface area (Å²) in [5.41, 5.74) is 0. The molecule has 0 bridgehead atoms. The fourth-order valence-electron chi connectivity index (χ4n) is 1.76. The van der Waals surface area contributed by atoms with Crippen LogP contribution in [0.15, 0.2) is 0 Å². The van der Waals surface area contributed by atoms with Crippen molar-refractivity contribution in [2.24, 2.45) is 0 Å². The van der Waals surface area contributed by atoms with Gasteiger partial charge in [0.05, 0.1) is 0 Å². The fraction of sp³-hybridized carbons (Fsp3) is 1.00. The summed E-state index contributed by atoms with van der Waals surface area (Å²) >= 11 is 34.8. The van der Waals surface area contributed by atoms with Crippen molar-refractivity contribution in [1.29, 1.82) is 0 Å². The Kier molecular flexibility index (Phi) is 22.7. The van der Waals surface area contributed by atoms with Crippen LogP contribution in [0.25, 0.3) is 0 Å². The summed E-state index contributed by atoms with van der Waals surface area (Å²) < 4.78 is 0. The van der Waals surface area contributed by atoms with Gasteiger partial charge in [0.15, 0.2) is 0 Å².